The molecule has 0 saturated carbocycles. The lowest BCUT2D eigenvalue weighted by molar-refractivity contribution is -0.141. The van der Waals surface area contributed by atoms with Gasteiger partial charge in [0, 0.05) is 43.4 Å². The van der Waals surface area contributed by atoms with Gasteiger partial charge in [-0.15, -0.1) is 0 Å². The molecule has 0 atom stereocenters. The van der Waals surface area contributed by atoms with Crippen LogP contribution in [-0.4, -0.2) is 33.0 Å². The zero-order chi connectivity index (χ0) is 22.8. The van der Waals surface area contributed by atoms with Crippen molar-refractivity contribution in [3.8, 4) is 0 Å². The zero-order valence-electron chi connectivity index (χ0n) is 17.2. The number of pyridine rings is 2. The fourth-order valence-electron chi connectivity index (χ4n) is 3.27. The lowest BCUT2D eigenvalue weighted by Crippen LogP contribution is -2.32. The van der Waals surface area contributed by atoms with Gasteiger partial charge in [0.15, 0.2) is 0 Å². The third-order valence-corrected chi connectivity index (χ3v) is 5.07. The highest BCUT2D eigenvalue weighted by atomic mass is 19.4. The Labute approximate surface area is 177 Å². The first-order valence-electron chi connectivity index (χ1n) is 9.60. The Balaban J connectivity index is 1.85. The topological polar surface area (TPSA) is 108 Å². The van der Waals surface area contributed by atoms with Crippen molar-refractivity contribution in [2.45, 2.75) is 39.5 Å². The molecule has 0 saturated heterocycles. The summed E-state index contributed by atoms with van der Waals surface area (Å²) in [5.74, 6) is -0.670. The minimum absolute atomic E-state index is 0.101. The van der Waals surface area contributed by atoms with Gasteiger partial charge in [-0.1, -0.05) is 0 Å². The summed E-state index contributed by atoms with van der Waals surface area (Å²) in [6.07, 6.45) is -1.06. The molecule has 1 aliphatic rings. The smallest absolute Gasteiger partial charge is 0.364 e. The number of allylic oxidation sites excluding steroid dienone is 1. The van der Waals surface area contributed by atoms with E-state index in [-0.39, 0.29) is 5.69 Å². The average Bonchev–Trinajstić information content (AvgIpc) is 2.70. The Bertz CT molecular complexity index is 1050. The maximum Gasteiger partial charge on any atom is 0.433 e. The van der Waals surface area contributed by atoms with Crippen LogP contribution in [0.2, 0.25) is 0 Å². The van der Waals surface area contributed by atoms with Crippen molar-refractivity contribution in [1.29, 1.82) is 5.41 Å². The van der Waals surface area contributed by atoms with E-state index in [0.29, 0.717) is 48.7 Å². The number of hydrogen-bond donors (Lipinski definition) is 3. The van der Waals surface area contributed by atoms with Crippen LogP contribution in [0.5, 0.6) is 0 Å². The Morgan fingerprint density at radius 2 is 2.10 bits per heavy atom. The van der Waals surface area contributed by atoms with Crippen LogP contribution in [0.1, 0.15) is 46.9 Å². The first-order chi connectivity index (χ1) is 14.5. The van der Waals surface area contributed by atoms with Gasteiger partial charge in [-0.3, -0.25) is 14.7 Å². The first-order valence-corrected chi connectivity index (χ1v) is 9.60. The van der Waals surface area contributed by atoms with Crippen LogP contribution in [0.25, 0.3) is 0 Å². The van der Waals surface area contributed by atoms with Crippen LogP contribution in [0.3, 0.4) is 0 Å². The van der Waals surface area contributed by atoms with Gasteiger partial charge in [0.1, 0.15) is 11.4 Å². The normalized spacial score (nSPS) is 14.8. The Morgan fingerprint density at radius 3 is 2.74 bits per heavy atom. The fraction of sp³-hybridized carbons (Fsp3) is 0.333. The number of halogens is 3. The quantitative estimate of drug-likeness (QED) is 0.606. The molecule has 0 bridgehead atoms. The van der Waals surface area contributed by atoms with Crippen molar-refractivity contribution in [2.75, 3.05) is 11.9 Å². The van der Waals surface area contributed by atoms with Crippen LogP contribution in [0, 0.1) is 5.41 Å². The number of nitrogens with one attached hydrogen (secondary N) is 2. The molecule has 1 amide bonds. The summed E-state index contributed by atoms with van der Waals surface area (Å²) in [4.78, 5) is 21.5. The molecule has 3 heterocycles. The summed E-state index contributed by atoms with van der Waals surface area (Å²) in [5, 5.41) is 10.8. The minimum Gasteiger partial charge on any atom is -0.364 e. The molecule has 7 nitrogen and oxygen atoms in total. The second-order valence-corrected chi connectivity index (χ2v) is 7.45. The average molecular weight is 432 g/mol. The number of nitrogens with two attached hydrogens (primary N) is 1. The van der Waals surface area contributed by atoms with Crippen molar-refractivity contribution < 1.29 is 18.0 Å². The van der Waals surface area contributed by atoms with Gasteiger partial charge >= 0.3 is 6.18 Å². The van der Waals surface area contributed by atoms with E-state index in [1.165, 1.54) is 0 Å². The van der Waals surface area contributed by atoms with Gasteiger partial charge < -0.3 is 16.5 Å². The third kappa shape index (κ3) is 5.46. The van der Waals surface area contributed by atoms with Gasteiger partial charge in [-0.05, 0) is 55.2 Å². The molecule has 10 heteroatoms. The Kier molecular flexibility index (Phi) is 6.40. The Hall–Kier alpha value is -3.27. The van der Waals surface area contributed by atoms with Gasteiger partial charge in [0.25, 0.3) is 5.91 Å². The van der Waals surface area contributed by atoms with E-state index in [0.717, 1.165) is 23.4 Å². The summed E-state index contributed by atoms with van der Waals surface area (Å²) < 4.78 is 38.8. The molecule has 3 rings (SSSR count). The van der Waals surface area contributed by atoms with Crippen LogP contribution in [-0.2, 0) is 25.7 Å². The molecule has 0 aliphatic carbocycles. The van der Waals surface area contributed by atoms with E-state index in [1.54, 1.807) is 32.2 Å². The largest absolute Gasteiger partial charge is 0.433 e. The predicted octanol–water partition coefficient (Wildman–Crippen LogP) is 3.51. The van der Waals surface area contributed by atoms with Crippen LogP contribution in [0.4, 0.5) is 18.9 Å². The molecule has 2 aromatic rings. The van der Waals surface area contributed by atoms with E-state index in [9.17, 15) is 18.0 Å². The van der Waals surface area contributed by atoms with Gasteiger partial charge in [-0.2, -0.15) is 13.2 Å². The standard InChI is InChI=1S/C21H23F3N6O/c1-12(13(2)25)9-28-16-8-17(20(26)31)29-18-11-30(6-4-15(16)18)10-14-3-5-27-19(7-14)21(22,23)24/h3,5,7-9,25H,4,6,10-11H2,1-2H3,(H2,26,31)(H,28,29)/b12-9-,25-13?. The number of primary amides is 1. The summed E-state index contributed by atoms with van der Waals surface area (Å²) >= 11 is 0. The van der Waals surface area contributed by atoms with Gasteiger partial charge in [0.2, 0.25) is 0 Å². The number of carbonyl (C=O) groups excluding carboxylic acids is 1. The van der Waals surface area contributed by atoms with Crippen molar-refractivity contribution in [3.05, 3.63) is 64.4 Å². The summed E-state index contributed by atoms with van der Waals surface area (Å²) in [6.45, 7) is 4.73. The van der Waals surface area contributed by atoms with Crippen LogP contribution < -0.4 is 11.1 Å². The second-order valence-electron chi connectivity index (χ2n) is 7.45. The highest BCUT2D eigenvalue weighted by Crippen LogP contribution is 2.30. The lowest BCUT2D eigenvalue weighted by Gasteiger charge is -2.29. The van der Waals surface area contributed by atoms with E-state index in [2.05, 4.69) is 15.3 Å². The maximum absolute atomic E-state index is 12.9. The zero-order valence-corrected chi connectivity index (χ0v) is 17.2. The molecule has 164 valence electrons. The molecule has 0 unspecified atom stereocenters. The number of hydrogen-bond acceptors (Lipinski definition) is 6. The molecule has 0 spiro atoms. The van der Waals surface area contributed by atoms with E-state index in [1.807, 2.05) is 4.90 Å². The SMILES string of the molecule is CC(=N)/C(C)=C\Nc1cc(C(N)=O)nc2c1CCN(Cc1ccnc(C(F)(F)F)c1)C2. The van der Waals surface area contributed by atoms with Crippen molar-refractivity contribution in [1.82, 2.24) is 14.9 Å². The van der Waals surface area contributed by atoms with E-state index >= 15 is 0 Å². The maximum atomic E-state index is 12.9. The molecular weight excluding hydrogens is 409 g/mol. The number of carbonyl (C=O) groups is 1. The second kappa shape index (κ2) is 8.84. The van der Waals surface area contributed by atoms with Crippen molar-refractivity contribution >= 4 is 17.3 Å². The number of nitrogens with zero attached hydrogens (tertiary/aromatic N) is 3. The van der Waals surface area contributed by atoms with Crippen molar-refractivity contribution in [3.63, 3.8) is 0 Å². The third-order valence-electron chi connectivity index (χ3n) is 5.07. The van der Waals surface area contributed by atoms with Gasteiger partial charge in [-0.25, -0.2) is 4.98 Å². The summed E-state index contributed by atoms with van der Waals surface area (Å²) in [6, 6.07) is 4.18. The molecule has 0 radical (unpaired) electrons. The van der Waals surface area contributed by atoms with E-state index in [4.69, 9.17) is 11.1 Å². The molecule has 31 heavy (non-hydrogen) atoms. The van der Waals surface area contributed by atoms with Crippen molar-refractivity contribution in [2.24, 2.45) is 5.73 Å². The predicted molar refractivity (Wildman–Crippen MR) is 111 cm³/mol. The molecule has 0 fully saturated rings. The molecule has 2 aromatic heterocycles. The molecule has 1 aliphatic heterocycles. The molecular formula is C21H23F3N6O. The summed E-state index contributed by atoms with van der Waals surface area (Å²) in [7, 11) is 0. The minimum atomic E-state index is -4.50. The van der Waals surface area contributed by atoms with Crippen LogP contribution >= 0.6 is 0 Å². The number of anilines is 1. The number of fused-ring (bicyclic) bond motifs is 1. The van der Waals surface area contributed by atoms with E-state index < -0.39 is 17.8 Å². The monoisotopic (exact) mass is 432 g/mol. The summed E-state index contributed by atoms with van der Waals surface area (Å²) in [5.41, 5.74) is 8.49. The fourth-order valence-corrected chi connectivity index (χ4v) is 3.27. The Morgan fingerprint density at radius 1 is 1.35 bits per heavy atom. The number of aromatic nitrogens is 2. The van der Waals surface area contributed by atoms with Gasteiger partial charge in [0.05, 0.1) is 5.69 Å². The number of rotatable bonds is 6. The highest BCUT2D eigenvalue weighted by molar-refractivity contribution is 5.95. The highest BCUT2D eigenvalue weighted by Gasteiger charge is 2.32. The molecule has 0 aromatic carbocycles. The van der Waals surface area contributed by atoms with Crippen LogP contribution in [0.15, 0.2) is 36.2 Å². The number of alkyl halides is 3. The number of amides is 1. The molecule has 4 N–H and O–H groups in total. The lowest BCUT2D eigenvalue weighted by atomic mass is 10.0. The first kappa shape index (κ1) is 22.4.